The Balaban J connectivity index is 1.04. The van der Waals surface area contributed by atoms with Gasteiger partial charge in [-0.2, -0.15) is 0 Å². The summed E-state index contributed by atoms with van der Waals surface area (Å²) in [7, 11) is 0. The molecule has 8 atom stereocenters. The van der Waals surface area contributed by atoms with Gasteiger partial charge in [0.25, 0.3) is 0 Å². The van der Waals surface area contributed by atoms with Gasteiger partial charge in [0, 0.05) is 6.42 Å². The van der Waals surface area contributed by atoms with Gasteiger partial charge in [-0.3, -0.25) is 0 Å². The lowest BCUT2D eigenvalue weighted by Crippen LogP contribution is -2.51. The Kier molecular flexibility index (Phi) is 9.07. The third kappa shape index (κ3) is 6.41. The van der Waals surface area contributed by atoms with Gasteiger partial charge in [-0.05, 0) is 136 Å². The normalized spacial score (nSPS) is 33.2. The van der Waals surface area contributed by atoms with E-state index in [1.165, 1.54) is 38.5 Å². The summed E-state index contributed by atoms with van der Waals surface area (Å²) in [4.78, 5) is 25.4. The molecule has 3 fully saturated rings. The molecule has 4 aliphatic rings. The maximum absolute atomic E-state index is 12.8. The first-order chi connectivity index (χ1) is 21.5. The van der Waals surface area contributed by atoms with Crippen molar-refractivity contribution in [1.29, 1.82) is 0 Å². The van der Waals surface area contributed by atoms with Crippen molar-refractivity contribution in [3.63, 3.8) is 0 Å². The lowest BCUT2D eigenvalue weighted by molar-refractivity contribution is -0.0598. The maximum atomic E-state index is 12.8. The fourth-order valence-corrected chi connectivity index (χ4v) is 10.5. The summed E-state index contributed by atoms with van der Waals surface area (Å²) in [6.07, 6.45) is 15.3. The van der Waals surface area contributed by atoms with E-state index in [0.29, 0.717) is 22.5 Å². The Morgan fingerprint density at radius 2 is 1.53 bits per heavy atom. The molecular weight excluding hydrogens is 556 g/mol. The van der Waals surface area contributed by atoms with Crippen molar-refractivity contribution in [1.82, 2.24) is 0 Å². The van der Waals surface area contributed by atoms with Crippen LogP contribution in [0, 0.1) is 40.4 Å². The molecule has 0 N–H and O–H groups in total. The smallest absolute Gasteiger partial charge is 0.338 e. The molecule has 4 aliphatic carbocycles. The number of benzene rings is 2. The maximum Gasteiger partial charge on any atom is 0.338 e. The molecule has 0 spiro atoms. The van der Waals surface area contributed by atoms with Crippen LogP contribution in [-0.2, 0) is 9.47 Å². The van der Waals surface area contributed by atoms with Gasteiger partial charge in [-0.1, -0.05) is 75.2 Å². The molecule has 4 heteroatoms. The third-order valence-electron chi connectivity index (χ3n) is 12.9. The Labute approximate surface area is 271 Å². The van der Waals surface area contributed by atoms with Crippen molar-refractivity contribution in [3.8, 4) is 0 Å². The SMILES string of the molecule is C[C@H](CCCC(C)(C)OC(=O)c1ccccc1)[C@H]1CC[C@H]2[C@@H]3CC=C4C[C@@H](OC(=O)c5ccccc5)CC[C@]4(C)[C@H]3CC[C@]12C. The van der Waals surface area contributed by atoms with Crippen molar-refractivity contribution in [2.24, 2.45) is 40.4 Å². The number of esters is 2. The fourth-order valence-electron chi connectivity index (χ4n) is 10.5. The molecule has 0 amide bonds. The van der Waals surface area contributed by atoms with Crippen LogP contribution in [0.1, 0.15) is 126 Å². The molecule has 0 saturated heterocycles. The van der Waals surface area contributed by atoms with E-state index < -0.39 is 5.60 Å². The monoisotopic (exact) mass is 610 g/mol. The Bertz CT molecular complexity index is 1380. The van der Waals surface area contributed by atoms with Gasteiger partial charge in [0.05, 0.1) is 11.1 Å². The predicted molar refractivity (Wildman–Crippen MR) is 180 cm³/mol. The van der Waals surface area contributed by atoms with Crippen LogP contribution in [0.4, 0.5) is 0 Å². The van der Waals surface area contributed by atoms with Gasteiger partial charge in [0.2, 0.25) is 0 Å². The number of hydrogen-bond acceptors (Lipinski definition) is 4. The Morgan fingerprint density at radius 1 is 0.867 bits per heavy atom. The van der Waals surface area contributed by atoms with Crippen molar-refractivity contribution in [3.05, 3.63) is 83.4 Å². The molecule has 4 nitrogen and oxygen atoms in total. The average Bonchev–Trinajstić information content (AvgIpc) is 3.39. The Morgan fingerprint density at radius 3 is 2.22 bits per heavy atom. The zero-order valence-electron chi connectivity index (χ0n) is 28.2. The highest BCUT2D eigenvalue weighted by Crippen LogP contribution is 2.67. The van der Waals surface area contributed by atoms with E-state index in [9.17, 15) is 9.59 Å². The van der Waals surface area contributed by atoms with E-state index in [1.54, 1.807) is 5.57 Å². The van der Waals surface area contributed by atoms with E-state index in [1.807, 2.05) is 60.7 Å². The molecule has 3 saturated carbocycles. The number of allylic oxidation sites excluding steroid dienone is 1. The second-order valence-electron chi connectivity index (χ2n) is 16.0. The summed E-state index contributed by atoms with van der Waals surface area (Å²) >= 11 is 0. The number of hydrogen-bond donors (Lipinski definition) is 0. The van der Waals surface area contributed by atoms with Crippen molar-refractivity contribution < 1.29 is 19.1 Å². The number of ether oxygens (including phenoxy) is 2. The first-order valence-electron chi connectivity index (χ1n) is 17.7. The van der Waals surface area contributed by atoms with Crippen LogP contribution in [0.5, 0.6) is 0 Å². The van der Waals surface area contributed by atoms with E-state index >= 15 is 0 Å². The number of carbonyl (C=O) groups excluding carboxylic acids is 2. The molecule has 6 rings (SSSR count). The van der Waals surface area contributed by atoms with Gasteiger partial charge in [-0.15, -0.1) is 0 Å². The molecule has 0 heterocycles. The van der Waals surface area contributed by atoms with Crippen molar-refractivity contribution >= 4 is 11.9 Å². The lowest BCUT2D eigenvalue weighted by Gasteiger charge is -2.58. The molecule has 0 unspecified atom stereocenters. The minimum Gasteiger partial charge on any atom is -0.458 e. The first kappa shape index (κ1) is 32.1. The second kappa shape index (κ2) is 12.7. The first-order valence-corrected chi connectivity index (χ1v) is 17.7. The summed E-state index contributed by atoms with van der Waals surface area (Å²) in [5.74, 6) is 3.36. The topological polar surface area (TPSA) is 52.6 Å². The van der Waals surface area contributed by atoms with Gasteiger partial charge >= 0.3 is 11.9 Å². The standard InChI is InChI=1S/C41H54O4/c1-28(13-12-24-39(2,3)45-38(43)30-16-10-7-11-17-30)34-20-21-35-33-19-18-31-27-32(44-37(42)29-14-8-6-9-15-29)22-25-40(31,4)36(33)23-26-41(34,35)5/h6-11,14-18,28,32-36H,12-13,19-27H2,1-5H3/t28-,32+,33+,34-,35+,36+,40+,41-/m1/s1. The lowest BCUT2D eigenvalue weighted by atomic mass is 9.47. The molecule has 0 aliphatic heterocycles. The largest absolute Gasteiger partial charge is 0.458 e. The molecule has 242 valence electrons. The van der Waals surface area contributed by atoms with Crippen LogP contribution in [0.3, 0.4) is 0 Å². The summed E-state index contributed by atoms with van der Waals surface area (Å²) in [6.45, 7) is 11.8. The zero-order valence-corrected chi connectivity index (χ0v) is 28.2. The third-order valence-corrected chi connectivity index (χ3v) is 12.9. The summed E-state index contributed by atoms with van der Waals surface area (Å²) in [5, 5.41) is 0. The molecule has 0 aromatic heterocycles. The zero-order chi connectivity index (χ0) is 31.8. The number of rotatable bonds is 9. The van der Waals surface area contributed by atoms with Gasteiger partial charge in [0.15, 0.2) is 0 Å². The van der Waals surface area contributed by atoms with Crippen molar-refractivity contribution in [2.75, 3.05) is 0 Å². The molecule has 2 aromatic rings. The van der Waals surface area contributed by atoms with Crippen LogP contribution >= 0.6 is 0 Å². The molecule has 45 heavy (non-hydrogen) atoms. The van der Waals surface area contributed by atoms with Crippen LogP contribution in [-0.4, -0.2) is 23.6 Å². The van der Waals surface area contributed by atoms with E-state index in [2.05, 4.69) is 40.7 Å². The van der Waals surface area contributed by atoms with Gasteiger partial charge < -0.3 is 9.47 Å². The second-order valence-corrected chi connectivity index (χ2v) is 16.0. The summed E-state index contributed by atoms with van der Waals surface area (Å²) < 4.78 is 11.9. The average molecular weight is 611 g/mol. The number of fused-ring (bicyclic) bond motifs is 5. The van der Waals surface area contributed by atoms with Gasteiger partial charge in [-0.25, -0.2) is 9.59 Å². The summed E-state index contributed by atoms with van der Waals surface area (Å²) in [5.41, 5.74) is 3.02. The van der Waals surface area contributed by atoms with Gasteiger partial charge in [0.1, 0.15) is 11.7 Å². The molecule has 0 radical (unpaired) electrons. The minimum atomic E-state index is -0.465. The number of carbonyl (C=O) groups is 2. The highest BCUT2D eigenvalue weighted by atomic mass is 16.6. The highest BCUT2D eigenvalue weighted by molar-refractivity contribution is 5.90. The van der Waals surface area contributed by atoms with E-state index in [-0.39, 0.29) is 23.5 Å². The molecule has 2 aromatic carbocycles. The fraction of sp³-hybridized carbons (Fsp3) is 0.610. The van der Waals surface area contributed by atoms with Crippen molar-refractivity contribution in [2.45, 2.75) is 117 Å². The van der Waals surface area contributed by atoms with Crippen LogP contribution < -0.4 is 0 Å². The quantitative estimate of drug-likeness (QED) is 0.209. The van der Waals surface area contributed by atoms with E-state index in [4.69, 9.17) is 9.47 Å². The molecule has 0 bridgehead atoms. The minimum absolute atomic E-state index is 0.00835. The summed E-state index contributed by atoms with van der Waals surface area (Å²) in [6, 6.07) is 18.8. The van der Waals surface area contributed by atoms with E-state index in [0.717, 1.165) is 55.8 Å². The molecular formula is C41H54O4. The highest BCUT2D eigenvalue weighted by Gasteiger charge is 2.59. The van der Waals surface area contributed by atoms with Crippen LogP contribution in [0.25, 0.3) is 0 Å². The predicted octanol–water partition coefficient (Wildman–Crippen LogP) is 10.2. The van der Waals surface area contributed by atoms with Crippen LogP contribution in [0.15, 0.2) is 72.3 Å². The Hall–Kier alpha value is -2.88. The van der Waals surface area contributed by atoms with Crippen LogP contribution in [0.2, 0.25) is 0 Å².